The number of fused-ring (bicyclic) bond motifs is 3. The molecular formula is C26H24N4O4. The number of nitrogens with zero attached hydrogens (tertiary/aromatic N) is 4. The van der Waals surface area contributed by atoms with E-state index in [0.29, 0.717) is 47.0 Å². The minimum Gasteiger partial charge on any atom is -0.452 e. The van der Waals surface area contributed by atoms with Crippen LogP contribution in [-0.4, -0.2) is 56.2 Å². The van der Waals surface area contributed by atoms with E-state index in [1.165, 1.54) is 6.33 Å². The molecule has 0 unspecified atom stereocenters. The number of aromatic nitrogens is 3. The first-order valence-electron chi connectivity index (χ1n) is 11.3. The van der Waals surface area contributed by atoms with Crippen LogP contribution in [-0.2, 0) is 10.3 Å². The summed E-state index contributed by atoms with van der Waals surface area (Å²) in [5.74, 6) is 0.682. The second-order valence-electron chi connectivity index (χ2n) is 9.42. The third kappa shape index (κ3) is 3.55. The fourth-order valence-corrected chi connectivity index (χ4v) is 4.71. The number of carbonyl (C=O) groups is 1. The van der Waals surface area contributed by atoms with Crippen LogP contribution in [0, 0.1) is 0 Å². The summed E-state index contributed by atoms with van der Waals surface area (Å²) in [7, 11) is 0. The third-order valence-corrected chi connectivity index (χ3v) is 6.55. The quantitative estimate of drug-likeness (QED) is 0.498. The zero-order chi connectivity index (χ0) is 23.4. The number of amides is 1. The second-order valence-corrected chi connectivity index (χ2v) is 9.42. The number of rotatable bonds is 4. The average molecular weight is 457 g/mol. The molecule has 6 rings (SSSR count). The van der Waals surface area contributed by atoms with Gasteiger partial charge in [-0.2, -0.15) is 0 Å². The summed E-state index contributed by atoms with van der Waals surface area (Å²) < 4.78 is 11.8. The molecule has 2 aliphatic heterocycles. The number of morpholine rings is 1. The molecule has 2 saturated heterocycles. The number of pyridine rings is 1. The Balaban J connectivity index is 1.31. The molecule has 8 heteroatoms. The first kappa shape index (κ1) is 20.9. The zero-order valence-corrected chi connectivity index (χ0v) is 18.9. The second kappa shape index (κ2) is 7.72. The Hall–Kier alpha value is -3.62. The highest BCUT2D eigenvalue weighted by Gasteiger charge is 2.41. The summed E-state index contributed by atoms with van der Waals surface area (Å²) in [4.78, 5) is 27.9. The fourth-order valence-electron chi connectivity index (χ4n) is 4.71. The minimum atomic E-state index is -1.07. The van der Waals surface area contributed by atoms with Crippen LogP contribution in [0.4, 0.5) is 0 Å². The summed E-state index contributed by atoms with van der Waals surface area (Å²) in [5.41, 5.74) is 3.61. The van der Waals surface area contributed by atoms with E-state index >= 15 is 0 Å². The van der Waals surface area contributed by atoms with E-state index in [4.69, 9.17) is 9.15 Å². The van der Waals surface area contributed by atoms with Gasteiger partial charge >= 0.3 is 0 Å². The summed E-state index contributed by atoms with van der Waals surface area (Å²) in [6.45, 7) is 4.68. The van der Waals surface area contributed by atoms with Crippen molar-refractivity contribution in [1.29, 1.82) is 0 Å². The molecule has 3 aromatic heterocycles. The molecule has 0 aliphatic carbocycles. The Kier molecular flexibility index (Phi) is 4.75. The number of likely N-dealkylation sites (tertiary alicyclic amines) is 1. The number of furan rings is 1. The van der Waals surface area contributed by atoms with Crippen LogP contribution in [0.5, 0.6) is 0 Å². The number of hydrogen-bond acceptors (Lipinski definition) is 7. The Morgan fingerprint density at radius 2 is 1.91 bits per heavy atom. The monoisotopic (exact) mass is 456 g/mol. The zero-order valence-electron chi connectivity index (χ0n) is 18.9. The standard InChI is InChI=1S/C26H24N4O4/c1-26(2,32)22-9-17(7-8-27-22)23-24-20(28-14-29-23)11-21(34-24)15-3-5-16(6-4-15)25(31)30-12-19-10-18(30)13-33-19/h3-9,11,14,18-19,32H,10,12-13H2,1-2H3/t18-,19-/m1/s1. The number of ether oxygens (including phenoxy) is 1. The van der Waals surface area contributed by atoms with Gasteiger partial charge in [-0.1, -0.05) is 12.1 Å². The smallest absolute Gasteiger partial charge is 0.254 e. The maximum absolute atomic E-state index is 12.9. The Labute approximate surface area is 196 Å². The van der Waals surface area contributed by atoms with Crippen molar-refractivity contribution >= 4 is 17.0 Å². The summed E-state index contributed by atoms with van der Waals surface area (Å²) in [6, 6.07) is 13.1. The maximum Gasteiger partial charge on any atom is 0.254 e. The van der Waals surface area contributed by atoms with Gasteiger partial charge in [-0.05, 0) is 44.5 Å². The van der Waals surface area contributed by atoms with Crippen LogP contribution in [0.1, 0.15) is 36.3 Å². The average Bonchev–Trinajstić information content (AvgIpc) is 3.58. The van der Waals surface area contributed by atoms with E-state index in [0.717, 1.165) is 17.5 Å². The van der Waals surface area contributed by atoms with Gasteiger partial charge in [0.2, 0.25) is 0 Å². The lowest BCUT2D eigenvalue weighted by Gasteiger charge is -2.26. The molecule has 1 amide bonds. The molecule has 2 atom stereocenters. The van der Waals surface area contributed by atoms with E-state index in [9.17, 15) is 9.90 Å². The van der Waals surface area contributed by atoms with Crippen LogP contribution in [0.2, 0.25) is 0 Å². The SMILES string of the molecule is CC(C)(O)c1cc(-c2ncnc3cc(-c4ccc(C(=O)N5C[C@H]6C[C@@H]5CO6)cc4)oc23)ccn1. The van der Waals surface area contributed by atoms with E-state index < -0.39 is 5.60 Å². The number of aliphatic hydroxyl groups is 1. The van der Waals surface area contributed by atoms with Gasteiger partial charge in [0.15, 0.2) is 5.58 Å². The largest absolute Gasteiger partial charge is 0.452 e. The molecule has 0 saturated carbocycles. The maximum atomic E-state index is 12.9. The molecule has 8 nitrogen and oxygen atoms in total. The highest BCUT2D eigenvalue weighted by atomic mass is 16.5. The van der Waals surface area contributed by atoms with E-state index in [-0.39, 0.29) is 18.1 Å². The van der Waals surface area contributed by atoms with Crippen LogP contribution in [0.15, 0.2) is 59.4 Å². The van der Waals surface area contributed by atoms with Gasteiger partial charge in [0.25, 0.3) is 5.91 Å². The van der Waals surface area contributed by atoms with Gasteiger partial charge in [-0.15, -0.1) is 0 Å². The first-order chi connectivity index (χ1) is 16.4. The molecule has 0 radical (unpaired) electrons. The molecule has 2 bridgehead atoms. The van der Waals surface area contributed by atoms with Gasteiger partial charge in [0.1, 0.15) is 28.9 Å². The Morgan fingerprint density at radius 1 is 1.09 bits per heavy atom. The van der Waals surface area contributed by atoms with Crippen LogP contribution >= 0.6 is 0 Å². The molecule has 1 N–H and O–H groups in total. The van der Waals surface area contributed by atoms with Gasteiger partial charge < -0.3 is 19.2 Å². The minimum absolute atomic E-state index is 0.0420. The molecule has 172 valence electrons. The van der Waals surface area contributed by atoms with Gasteiger partial charge in [-0.25, -0.2) is 9.97 Å². The molecule has 1 aromatic carbocycles. The molecule has 5 heterocycles. The lowest BCUT2D eigenvalue weighted by atomic mass is 10.0. The van der Waals surface area contributed by atoms with Crippen LogP contribution in [0.25, 0.3) is 33.7 Å². The lowest BCUT2D eigenvalue weighted by molar-refractivity contribution is 0.0259. The Morgan fingerprint density at radius 3 is 2.62 bits per heavy atom. The predicted octanol–water partition coefficient (Wildman–Crippen LogP) is 3.79. The van der Waals surface area contributed by atoms with Crippen molar-refractivity contribution in [3.05, 3.63) is 66.2 Å². The molecule has 34 heavy (non-hydrogen) atoms. The summed E-state index contributed by atoms with van der Waals surface area (Å²) in [5, 5.41) is 10.3. The van der Waals surface area contributed by atoms with Crippen molar-refractivity contribution in [2.45, 2.75) is 38.0 Å². The van der Waals surface area contributed by atoms with Crippen molar-refractivity contribution in [3.8, 4) is 22.6 Å². The van der Waals surface area contributed by atoms with E-state index in [1.807, 2.05) is 41.3 Å². The van der Waals surface area contributed by atoms with Crippen molar-refractivity contribution in [1.82, 2.24) is 19.9 Å². The third-order valence-electron chi connectivity index (χ3n) is 6.55. The number of hydrogen-bond donors (Lipinski definition) is 1. The first-order valence-corrected chi connectivity index (χ1v) is 11.3. The van der Waals surface area contributed by atoms with Crippen molar-refractivity contribution in [2.75, 3.05) is 13.2 Å². The van der Waals surface area contributed by atoms with Gasteiger partial charge in [0.05, 0.1) is 24.4 Å². The van der Waals surface area contributed by atoms with Crippen molar-refractivity contribution in [3.63, 3.8) is 0 Å². The van der Waals surface area contributed by atoms with Crippen molar-refractivity contribution < 1.29 is 19.1 Å². The molecule has 0 spiro atoms. The molecule has 2 fully saturated rings. The summed E-state index contributed by atoms with van der Waals surface area (Å²) in [6.07, 6.45) is 4.25. The molecule has 2 aliphatic rings. The highest BCUT2D eigenvalue weighted by Crippen LogP contribution is 2.34. The molecule has 4 aromatic rings. The fraction of sp³-hybridized carbons (Fsp3) is 0.308. The van der Waals surface area contributed by atoms with E-state index in [2.05, 4.69) is 15.0 Å². The highest BCUT2D eigenvalue weighted by molar-refractivity contribution is 5.95. The number of benzene rings is 1. The Bertz CT molecular complexity index is 1390. The summed E-state index contributed by atoms with van der Waals surface area (Å²) >= 11 is 0. The van der Waals surface area contributed by atoms with E-state index in [1.54, 1.807) is 26.1 Å². The van der Waals surface area contributed by atoms with Crippen LogP contribution < -0.4 is 0 Å². The van der Waals surface area contributed by atoms with Crippen molar-refractivity contribution in [2.24, 2.45) is 0 Å². The predicted molar refractivity (Wildman–Crippen MR) is 125 cm³/mol. The lowest BCUT2D eigenvalue weighted by Crippen LogP contribution is -2.41. The molecular weight excluding hydrogens is 432 g/mol. The topological polar surface area (TPSA) is 102 Å². The normalized spacial score (nSPS) is 19.8. The van der Waals surface area contributed by atoms with Gasteiger partial charge in [0, 0.05) is 35.5 Å². The van der Waals surface area contributed by atoms with Gasteiger partial charge in [-0.3, -0.25) is 9.78 Å². The van der Waals surface area contributed by atoms with Crippen LogP contribution in [0.3, 0.4) is 0 Å². The number of carbonyl (C=O) groups excluding carboxylic acids is 1.